The summed E-state index contributed by atoms with van der Waals surface area (Å²) in [6.07, 6.45) is -4.28. The molecule has 3 aromatic rings. The molecular formula is C24H30F3N5O4Si. The molecule has 9 nitrogen and oxygen atoms in total. The molecule has 1 fully saturated rings. The Morgan fingerprint density at radius 1 is 1.16 bits per heavy atom. The van der Waals surface area contributed by atoms with Crippen LogP contribution in [0, 0.1) is 0 Å². The van der Waals surface area contributed by atoms with Crippen LogP contribution in [0.5, 0.6) is 5.75 Å². The van der Waals surface area contributed by atoms with Crippen LogP contribution in [0.1, 0.15) is 26.5 Å². The number of halogens is 3. The minimum atomic E-state index is -4.80. The van der Waals surface area contributed by atoms with Gasteiger partial charge in [-0.1, -0.05) is 20.8 Å². The number of nitrogens with one attached hydrogen (secondary N) is 1. The largest absolute Gasteiger partial charge is 0.573 e. The fraction of sp³-hybridized carbons (Fsp3) is 0.458. The average Bonchev–Trinajstić information content (AvgIpc) is 3.12. The first kappa shape index (κ1) is 26.7. The maximum absolute atomic E-state index is 12.5. The molecule has 0 unspecified atom stereocenters. The lowest BCUT2D eigenvalue weighted by atomic mass is 10.1. The normalized spacial score (nSPS) is 15.1. The maximum Gasteiger partial charge on any atom is 0.573 e. The van der Waals surface area contributed by atoms with Crippen LogP contribution in [-0.2, 0) is 11.0 Å². The minimum Gasteiger partial charge on any atom is -0.465 e. The fourth-order valence-corrected chi connectivity index (χ4v) is 5.25. The first-order chi connectivity index (χ1) is 17.1. The van der Waals surface area contributed by atoms with Gasteiger partial charge in [0.05, 0.1) is 35.1 Å². The maximum atomic E-state index is 12.5. The van der Waals surface area contributed by atoms with Crippen LogP contribution in [0.3, 0.4) is 0 Å². The van der Waals surface area contributed by atoms with Gasteiger partial charge >= 0.3 is 12.5 Å². The number of benzene rings is 1. The average molecular weight is 538 g/mol. The Labute approximate surface area is 213 Å². The number of aromatic nitrogens is 3. The molecule has 0 atom stereocenters. The minimum absolute atomic E-state index is 0.0649. The van der Waals surface area contributed by atoms with Gasteiger partial charge in [0, 0.05) is 19.3 Å². The van der Waals surface area contributed by atoms with Gasteiger partial charge in [0.2, 0.25) is 0 Å². The third-order valence-corrected chi connectivity index (χ3v) is 11.3. The smallest absolute Gasteiger partial charge is 0.465 e. The monoisotopic (exact) mass is 537 g/mol. The van der Waals surface area contributed by atoms with Crippen LogP contribution < -0.4 is 15.0 Å². The number of hydrogen-bond donors (Lipinski definition) is 2. The van der Waals surface area contributed by atoms with Crippen molar-refractivity contribution in [1.82, 2.24) is 20.1 Å². The number of hydrogen-bond acceptors (Lipinski definition) is 6. The van der Waals surface area contributed by atoms with E-state index in [1.807, 2.05) is 6.07 Å². The number of alkyl halides is 3. The van der Waals surface area contributed by atoms with E-state index in [0.29, 0.717) is 35.5 Å². The van der Waals surface area contributed by atoms with Crippen molar-refractivity contribution in [2.24, 2.45) is 0 Å². The molecule has 1 aliphatic heterocycles. The first-order valence-electron chi connectivity index (χ1n) is 11.8. The molecule has 13 heteroatoms. The molecule has 1 aliphatic rings. The lowest BCUT2D eigenvalue weighted by Gasteiger charge is -2.47. The molecule has 4 rings (SSSR count). The Bertz CT molecular complexity index is 1280. The number of anilines is 1. The molecule has 3 heterocycles. The van der Waals surface area contributed by atoms with E-state index in [1.165, 1.54) is 28.9 Å². The number of rotatable bonds is 7. The molecule has 0 aliphatic carbocycles. The predicted molar refractivity (Wildman–Crippen MR) is 135 cm³/mol. The number of nitrogens with zero attached hydrogens (tertiary/aromatic N) is 4. The van der Waals surface area contributed by atoms with Crippen LogP contribution in [-0.4, -0.2) is 59.8 Å². The summed E-state index contributed by atoms with van der Waals surface area (Å²) >= 11 is 0. The van der Waals surface area contributed by atoms with E-state index >= 15 is 0 Å². The summed E-state index contributed by atoms with van der Waals surface area (Å²) in [5, 5.41) is 16.8. The molecular weight excluding hydrogens is 507 g/mol. The van der Waals surface area contributed by atoms with E-state index in [1.54, 1.807) is 6.20 Å². The highest BCUT2D eigenvalue weighted by Gasteiger charge is 2.42. The summed E-state index contributed by atoms with van der Waals surface area (Å²) < 4.78 is 49.6. The van der Waals surface area contributed by atoms with Gasteiger partial charge in [-0.3, -0.25) is 0 Å². The quantitative estimate of drug-likeness (QED) is 0.395. The molecule has 1 aromatic carbocycles. The Balaban J connectivity index is 1.65. The van der Waals surface area contributed by atoms with Crippen molar-refractivity contribution < 1.29 is 32.2 Å². The Morgan fingerprint density at radius 2 is 1.81 bits per heavy atom. The van der Waals surface area contributed by atoms with Gasteiger partial charge in [0.25, 0.3) is 0 Å². The van der Waals surface area contributed by atoms with Crippen molar-refractivity contribution in [3.8, 4) is 11.4 Å². The number of carboxylic acid groups (broad SMARTS) is 1. The molecule has 1 saturated heterocycles. The Kier molecular flexibility index (Phi) is 6.88. The van der Waals surface area contributed by atoms with Crippen LogP contribution in [0.25, 0.3) is 16.7 Å². The second kappa shape index (κ2) is 9.52. The summed E-state index contributed by atoms with van der Waals surface area (Å²) in [4.78, 5) is 17.8. The van der Waals surface area contributed by atoms with Crippen molar-refractivity contribution >= 4 is 31.1 Å². The molecule has 1 amide bonds. The lowest BCUT2D eigenvalue weighted by Crippen LogP contribution is -2.58. The summed E-state index contributed by atoms with van der Waals surface area (Å²) in [5.41, 5.74) is 2.20. The fourth-order valence-electron chi connectivity index (χ4n) is 3.91. The highest BCUT2D eigenvalue weighted by molar-refractivity contribution is 6.74. The highest BCUT2D eigenvalue weighted by atomic mass is 28.4. The van der Waals surface area contributed by atoms with Gasteiger partial charge in [0.1, 0.15) is 5.75 Å². The molecule has 0 spiro atoms. The predicted octanol–water partition coefficient (Wildman–Crippen LogP) is 5.30. The number of ether oxygens (including phenoxy) is 1. The molecule has 2 aromatic heterocycles. The van der Waals surface area contributed by atoms with E-state index < -0.39 is 20.8 Å². The summed E-state index contributed by atoms with van der Waals surface area (Å²) in [6.45, 7) is 12.3. The summed E-state index contributed by atoms with van der Waals surface area (Å²) in [6, 6.07) is 7.09. The molecule has 0 saturated carbocycles. The molecule has 0 bridgehead atoms. The van der Waals surface area contributed by atoms with Crippen LogP contribution in [0.15, 0.2) is 36.5 Å². The van der Waals surface area contributed by atoms with Crippen molar-refractivity contribution in [2.75, 3.05) is 18.0 Å². The van der Waals surface area contributed by atoms with E-state index in [4.69, 9.17) is 9.53 Å². The Hall–Kier alpha value is -3.32. The highest BCUT2D eigenvalue weighted by Crippen LogP contribution is 2.40. The second-order valence-electron chi connectivity index (χ2n) is 10.5. The van der Waals surface area contributed by atoms with Gasteiger partial charge in [-0.2, -0.15) is 5.10 Å². The SMILES string of the molecule is CC(C)(C)[Si](C)(C)OC1CN(c2ccnc3c2c(CNC(=O)O)nn3-c2ccc(OC(F)(F)F)cc2)C1. The van der Waals surface area contributed by atoms with Gasteiger partial charge in [-0.25, -0.2) is 14.5 Å². The van der Waals surface area contributed by atoms with Crippen molar-refractivity contribution in [2.45, 2.75) is 57.9 Å². The Morgan fingerprint density at radius 3 is 2.38 bits per heavy atom. The molecule has 37 heavy (non-hydrogen) atoms. The second-order valence-corrected chi connectivity index (χ2v) is 15.2. The van der Waals surface area contributed by atoms with E-state index in [-0.39, 0.29) is 23.4 Å². The van der Waals surface area contributed by atoms with Crippen molar-refractivity contribution in [1.29, 1.82) is 0 Å². The molecule has 200 valence electrons. The first-order valence-corrected chi connectivity index (χ1v) is 14.7. The van der Waals surface area contributed by atoms with Gasteiger partial charge in [-0.05, 0) is 48.5 Å². The van der Waals surface area contributed by atoms with Crippen LogP contribution in [0.4, 0.5) is 23.7 Å². The number of fused-ring (bicyclic) bond motifs is 1. The number of amides is 1. The summed E-state index contributed by atoms with van der Waals surface area (Å²) in [7, 11) is -1.93. The number of pyridine rings is 1. The van der Waals surface area contributed by atoms with Gasteiger partial charge in [0.15, 0.2) is 14.0 Å². The third kappa shape index (κ3) is 5.82. The van der Waals surface area contributed by atoms with E-state index in [0.717, 1.165) is 5.69 Å². The number of carbonyl (C=O) groups is 1. The molecule has 0 radical (unpaired) electrons. The molecule has 2 N–H and O–H groups in total. The van der Waals surface area contributed by atoms with Gasteiger partial charge in [-0.15, -0.1) is 13.2 Å². The lowest BCUT2D eigenvalue weighted by molar-refractivity contribution is -0.274. The zero-order valence-electron chi connectivity index (χ0n) is 21.3. The third-order valence-electron chi connectivity index (χ3n) is 6.80. The van der Waals surface area contributed by atoms with E-state index in [9.17, 15) is 18.0 Å². The topological polar surface area (TPSA) is 102 Å². The van der Waals surface area contributed by atoms with E-state index in [2.05, 4.69) is 58.9 Å². The van der Waals surface area contributed by atoms with Crippen molar-refractivity contribution in [3.05, 3.63) is 42.2 Å². The van der Waals surface area contributed by atoms with Gasteiger partial charge < -0.3 is 24.5 Å². The van der Waals surface area contributed by atoms with Crippen LogP contribution >= 0.6 is 0 Å². The summed E-state index contributed by atoms with van der Waals surface area (Å²) in [5.74, 6) is -0.359. The zero-order chi connectivity index (χ0) is 27.2. The standard InChI is InChI=1S/C24H30F3N5O4Si/c1-23(2,3)37(4,5)36-17-13-31(14-17)19-10-11-28-21-20(19)18(12-29-22(33)34)30-32(21)15-6-8-16(9-7-15)35-24(25,26)27/h6-11,17,29H,12-14H2,1-5H3,(H,33,34). The van der Waals surface area contributed by atoms with Crippen molar-refractivity contribution in [3.63, 3.8) is 0 Å². The zero-order valence-corrected chi connectivity index (χ0v) is 22.3. The van der Waals surface area contributed by atoms with Crippen LogP contribution in [0.2, 0.25) is 18.1 Å².